The van der Waals surface area contributed by atoms with E-state index in [2.05, 4.69) is 60.6 Å². The predicted molar refractivity (Wildman–Crippen MR) is 113 cm³/mol. The molecule has 1 saturated heterocycles. The summed E-state index contributed by atoms with van der Waals surface area (Å²) in [6.07, 6.45) is 2.69. The molecule has 1 aliphatic heterocycles. The molecule has 0 aliphatic carbocycles. The summed E-state index contributed by atoms with van der Waals surface area (Å²) in [5, 5.41) is 1.19. The molecule has 28 heavy (non-hydrogen) atoms. The summed E-state index contributed by atoms with van der Waals surface area (Å²) in [5.74, 6) is 0.218. The Morgan fingerprint density at radius 1 is 1.14 bits per heavy atom. The van der Waals surface area contributed by atoms with E-state index in [1.54, 1.807) is 0 Å². The third kappa shape index (κ3) is 3.83. The number of fused-ring (bicyclic) bond motifs is 1. The van der Waals surface area contributed by atoms with E-state index in [4.69, 9.17) is 4.74 Å². The Bertz CT molecular complexity index is 967. The zero-order valence-corrected chi connectivity index (χ0v) is 16.8. The Kier molecular flexibility index (Phi) is 5.23. The van der Waals surface area contributed by atoms with Crippen LogP contribution in [0.1, 0.15) is 42.9 Å². The van der Waals surface area contributed by atoms with Crippen molar-refractivity contribution in [1.29, 1.82) is 0 Å². The molecule has 0 spiro atoms. The maximum Gasteiger partial charge on any atom is 0.223 e. The van der Waals surface area contributed by atoms with Crippen molar-refractivity contribution in [2.75, 3.05) is 13.1 Å². The van der Waals surface area contributed by atoms with Crippen molar-refractivity contribution >= 4 is 16.8 Å². The number of morpholine rings is 1. The highest BCUT2D eigenvalue weighted by molar-refractivity contribution is 5.86. The third-order valence-corrected chi connectivity index (χ3v) is 5.59. The van der Waals surface area contributed by atoms with E-state index in [1.807, 2.05) is 24.8 Å². The number of nitrogens with zero attached hydrogens (tertiary/aromatic N) is 1. The van der Waals surface area contributed by atoms with Gasteiger partial charge < -0.3 is 14.6 Å². The van der Waals surface area contributed by atoms with E-state index in [1.165, 1.54) is 22.1 Å². The smallest absolute Gasteiger partial charge is 0.223 e. The van der Waals surface area contributed by atoms with Crippen LogP contribution in [0.25, 0.3) is 10.9 Å². The topological polar surface area (TPSA) is 45.3 Å². The zero-order valence-electron chi connectivity index (χ0n) is 16.8. The lowest BCUT2D eigenvalue weighted by molar-refractivity contribution is -0.143. The summed E-state index contributed by atoms with van der Waals surface area (Å²) in [6.45, 7) is 7.50. The molecule has 3 aromatic rings. The summed E-state index contributed by atoms with van der Waals surface area (Å²) < 4.78 is 5.80. The van der Waals surface area contributed by atoms with Crippen molar-refractivity contribution in [2.24, 2.45) is 0 Å². The van der Waals surface area contributed by atoms with Crippen LogP contribution in [-0.4, -0.2) is 41.1 Å². The average Bonchev–Trinajstić information content (AvgIpc) is 3.09. The van der Waals surface area contributed by atoms with E-state index < -0.39 is 0 Å². The number of carbonyl (C=O) groups excluding carboxylic acids is 1. The van der Waals surface area contributed by atoms with Crippen molar-refractivity contribution in [1.82, 2.24) is 9.88 Å². The molecule has 2 heterocycles. The Labute approximate surface area is 166 Å². The number of hydrogen-bond donors (Lipinski definition) is 1. The van der Waals surface area contributed by atoms with Gasteiger partial charge in [-0.25, -0.2) is 0 Å². The number of para-hydroxylation sites is 1. The number of aromatic amines is 1. The summed E-state index contributed by atoms with van der Waals surface area (Å²) in [5.41, 5.74) is 4.69. The molecule has 4 heteroatoms. The number of nitrogens with one attached hydrogen (secondary N) is 1. The summed E-state index contributed by atoms with van der Waals surface area (Å²) in [4.78, 5) is 18.6. The second-order valence-corrected chi connectivity index (χ2v) is 8.02. The highest BCUT2D eigenvalue weighted by Gasteiger charge is 2.29. The number of aryl methyl sites for hydroxylation is 1. The minimum absolute atomic E-state index is 0.0250. The van der Waals surface area contributed by atoms with Crippen LogP contribution in [0, 0.1) is 6.92 Å². The van der Waals surface area contributed by atoms with E-state index in [-0.39, 0.29) is 24.0 Å². The van der Waals surface area contributed by atoms with Gasteiger partial charge >= 0.3 is 0 Å². The first kappa shape index (κ1) is 18.8. The van der Waals surface area contributed by atoms with E-state index in [0.717, 1.165) is 5.52 Å². The minimum Gasteiger partial charge on any atom is -0.372 e. The second-order valence-electron chi connectivity index (χ2n) is 8.02. The second kappa shape index (κ2) is 7.80. The number of H-pyrrole nitrogens is 1. The molecule has 146 valence electrons. The molecule has 0 radical (unpaired) electrons. The normalized spacial score (nSPS) is 21.0. The van der Waals surface area contributed by atoms with Crippen LogP contribution < -0.4 is 0 Å². The van der Waals surface area contributed by atoms with E-state index in [0.29, 0.717) is 19.5 Å². The van der Waals surface area contributed by atoms with Crippen molar-refractivity contribution in [3.05, 3.63) is 71.4 Å². The van der Waals surface area contributed by atoms with E-state index in [9.17, 15) is 4.79 Å². The quantitative estimate of drug-likeness (QED) is 0.721. The van der Waals surface area contributed by atoms with Gasteiger partial charge in [0.1, 0.15) is 0 Å². The van der Waals surface area contributed by atoms with Crippen molar-refractivity contribution in [3.63, 3.8) is 0 Å². The van der Waals surface area contributed by atoms with Gasteiger partial charge in [0.05, 0.1) is 12.2 Å². The van der Waals surface area contributed by atoms with Crippen LogP contribution in [0.4, 0.5) is 0 Å². The number of aromatic nitrogens is 1. The molecule has 1 aliphatic rings. The van der Waals surface area contributed by atoms with Gasteiger partial charge in [0.25, 0.3) is 0 Å². The van der Waals surface area contributed by atoms with Crippen LogP contribution in [0.15, 0.2) is 54.7 Å². The zero-order chi connectivity index (χ0) is 19.7. The molecule has 1 aromatic heterocycles. The van der Waals surface area contributed by atoms with Gasteiger partial charge in [0, 0.05) is 42.5 Å². The molecular weight excluding hydrogens is 348 g/mol. The average molecular weight is 377 g/mol. The Hall–Kier alpha value is -2.59. The highest BCUT2D eigenvalue weighted by Crippen LogP contribution is 2.34. The summed E-state index contributed by atoms with van der Waals surface area (Å²) >= 11 is 0. The molecule has 3 atom stereocenters. The van der Waals surface area contributed by atoms with Gasteiger partial charge in [-0.1, -0.05) is 48.0 Å². The molecule has 4 nitrogen and oxygen atoms in total. The van der Waals surface area contributed by atoms with Crippen LogP contribution in [0.2, 0.25) is 0 Å². The standard InChI is InChI=1S/C24H28N2O2/c1-16-7-6-8-19(11-16)21(22-13-25-23-10-5-4-9-20(22)23)12-24(27)26-14-17(2)28-18(3)15-26/h4-11,13,17-18,21,25H,12,14-15H2,1-3H3. The fourth-order valence-electron chi connectivity index (χ4n) is 4.36. The number of hydrogen-bond acceptors (Lipinski definition) is 2. The summed E-state index contributed by atoms with van der Waals surface area (Å²) in [6, 6.07) is 16.8. The monoisotopic (exact) mass is 376 g/mol. The first-order chi connectivity index (χ1) is 13.5. The number of amides is 1. The van der Waals surface area contributed by atoms with Crippen LogP contribution in [0.3, 0.4) is 0 Å². The first-order valence-corrected chi connectivity index (χ1v) is 10.1. The highest BCUT2D eigenvalue weighted by atomic mass is 16.5. The van der Waals surface area contributed by atoms with Crippen molar-refractivity contribution in [2.45, 2.75) is 45.3 Å². The van der Waals surface area contributed by atoms with Crippen LogP contribution in [0.5, 0.6) is 0 Å². The largest absolute Gasteiger partial charge is 0.372 e. The van der Waals surface area contributed by atoms with Gasteiger partial charge in [-0.3, -0.25) is 4.79 Å². The fraction of sp³-hybridized carbons (Fsp3) is 0.375. The molecular formula is C24H28N2O2. The van der Waals surface area contributed by atoms with Gasteiger partial charge in [-0.05, 0) is 38.0 Å². The number of ether oxygens (including phenoxy) is 1. The maximum atomic E-state index is 13.2. The molecule has 1 N–H and O–H groups in total. The van der Waals surface area contributed by atoms with Crippen molar-refractivity contribution in [3.8, 4) is 0 Å². The number of rotatable bonds is 4. The van der Waals surface area contributed by atoms with Gasteiger partial charge in [0.2, 0.25) is 5.91 Å². The molecule has 2 aromatic carbocycles. The molecule has 4 rings (SSSR count). The van der Waals surface area contributed by atoms with Gasteiger partial charge in [-0.2, -0.15) is 0 Å². The molecule has 1 amide bonds. The Balaban J connectivity index is 1.68. The Morgan fingerprint density at radius 2 is 1.89 bits per heavy atom. The van der Waals surface area contributed by atoms with Gasteiger partial charge in [-0.15, -0.1) is 0 Å². The lowest BCUT2D eigenvalue weighted by Gasteiger charge is -2.36. The van der Waals surface area contributed by atoms with Crippen LogP contribution in [-0.2, 0) is 9.53 Å². The molecule has 3 unspecified atom stereocenters. The lowest BCUT2D eigenvalue weighted by Crippen LogP contribution is -2.48. The number of benzene rings is 2. The lowest BCUT2D eigenvalue weighted by atomic mass is 9.87. The predicted octanol–water partition coefficient (Wildman–Crippen LogP) is 4.63. The van der Waals surface area contributed by atoms with E-state index >= 15 is 0 Å². The molecule has 0 saturated carbocycles. The first-order valence-electron chi connectivity index (χ1n) is 10.1. The SMILES string of the molecule is Cc1cccc(C(CC(=O)N2CC(C)OC(C)C2)c2c[nH]c3ccccc23)c1. The van der Waals surface area contributed by atoms with Crippen molar-refractivity contribution < 1.29 is 9.53 Å². The Morgan fingerprint density at radius 3 is 2.64 bits per heavy atom. The molecule has 1 fully saturated rings. The maximum absolute atomic E-state index is 13.2. The molecule has 0 bridgehead atoms. The fourth-order valence-corrected chi connectivity index (χ4v) is 4.36. The minimum atomic E-state index is 0.0250. The summed E-state index contributed by atoms with van der Waals surface area (Å²) in [7, 11) is 0. The van der Waals surface area contributed by atoms with Gasteiger partial charge in [0.15, 0.2) is 0 Å². The number of carbonyl (C=O) groups is 1. The third-order valence-electron chi connectivity index (χ3n) is 5.59. The van der Waals surface area contributed by atoms with Crippen LogP contribution >= 0.6 is 0 Å².